The minimum Gasteiger partial charge on any atom is -0.490 e. The summed E-state index contributed by atoms with van der Waals surface area (Å²) in [6.07, 6.45) is 5.91. The predicted octanol–water partition coefficient (Wildman–Crippen LogP) is 5.87. The summed E-state index contributed by atoms with van der Waals surface area (Å²) < 4.78 is 12.0. The van der Waals surface area contributed by atoms with Gasteiger partial charge in [0.15, 0.2) is 0 Å². The Hall–Kier alpha value is -1.07. The number of hydrogen-bond acceptors (Lipinski definition) is 5. The zero-order valence-corrected chi connectivity index (χ0v) is 18.1. The highest BCUT2D eigenvalue weighted by Crippen LogP contribution is 2.58. The predicted molar refractivity (Wildman–Crippen MR) is 115 cm³/mol. The molecule has 0 heterocycles. The van der Waals surface area contributed by atoms with Gasteiger partial charge in [-0.3, -0.25) is 4.79 Å². The van der Waals surface area contributed by atoms with Gasteiger partial charge in [-0.15, -0.1) is 0 Å². The van der Waals surface area contributed by atoms with Crippen LogP contribution in [0, 0.1) is 23.2 Å². The highest BCUT2D eigenvalue weighted by Gasteiger charge is 2.54. The molecule has 4 unspecified atom stereocenters. The smallest absolute Gasteiger partial charge is 0.227 e. The van der Waals surface area contributed by atoms with Gasteiger partial charge in [-0.2, -0.15) is 0 Å². The lowest BCUT2D eigenvalue weighted by Crippen LogP contribution is -2.44. The zero-order chi connectivity index (χ0) is 19.4. The maximum atomic E-state index is 12.8. The van der Waals surface area contributed by atoms with E-state index in [4.69, 9.17) is 21.7 Å². The van der Waals surface area contributed by atoms with Crippen molar-refractivity contribution in [2.45, 2.75) is 59.0 Å². The van der Waals surface area contributed by atoms with E-state index in [-0.39, 0.29) is 22.6 Å². The van der Waals surface area contributed by atoms with Crippen molar-refractivity contribution in [3.05, 3.63) is 30.3 Å². The fourth-order valence-electron chi connectivity index (χ4n) is 5.28. The second kappa shape index (κ2) is 8.95. The molecular formula is C22H30O3S2. The van der Waals surface area contributed by atoms with Crippen LogP contribution in [-0.2, 0) is 9.53 Å². The minimum atomic E-state index is -0.0149. The van der Waals surface area contributed by atoms with Crippen LogP contribution in [0.5, 0.6) is 5.75 Å². The molecule has 1 aromatic rings. The van der Waals surface area contributed by atoms with E-state index in [1.165, 1.54) is 6.42 Å². The Kier molecular flexibility index (Phi) is 6.85. The Morgan fingerprint density at radius 3 is 2.74 bits per heavy atom. The van der Waals surface area contributed by atoms with Gasteiger partial charge in [-0.1, -0.05) is 32.0 Å². The van der Waals surface area contributed by atoms with Crippen LogP contribution >= 0.6 is 24.0 Å². The zero-order valence-electron chi connectivity index (χ0n) is 16.5. The third-order valence-electron chi connectivity index (χ3n) is 6.59. The molecule has 5 heteroatoms. The van der Waals surface area contributed by atoms with Gasteiger partial charge >= 0.3 is 0 Å². The first kappa shape index (κ1) is 20.7. The van der Waals surface area contributed by atoms with Gasteiger partial charge in [-0.25, -0.2) is 0 Å². The monoisotopic (exact) mass is 406 g/mol. The standard InChI is InChI=1S/C22H30O3S2/c1-4-24-21(26)27-20(23)15(2)17-12-13-18-19(11-8-14-22(17,18)3)25-16-9-6-5-7-10-16/h5-7,9-10,15,17-19H,4,8,11-14H2,1-3H3/t15-,17?,18?,19?,22?/m0/s1. The molecule has 0 N–H and O–H groups in total. The number of benzene rings is 1. The lowest BCUT2D eigenvalue weighted by atomic mass is 9.62. The van der Waals surface area contributed by atoms with Gasteiger partial charge in [-0.05, 0) is 86.5 Å². The van der Waals surface area contributed by atoms with E-state index in [2.05, 4.69) is 13.8 Å². The highest BCUT2D eigenvalue weighted by atomic mass is 32.2. The van der Waals surface area contributed by atoms with Crippen LogP contribution in [-0.4, -0.2) is 22.2 Å². The van der Waals surface area contributed by atoms with Crippen LogP contribution in [0.3, 0.4) is 0 Å². The molecule has 1 aromatic carbocycles. The molecule has 2 saturated carbocycles. The van der Waals surface area contributed by atoms with Crippen LogP contribution in [0.1, 0.15) is 52.9 Å². The summed E-state index contributed by atoms with van der Waals surface area (Å²) >= 11 is 6.26. The first-order valence-electron chi connectivity index (χ1n) is 10.1. The molecule has 0 radical (unpaired) electrons. The lowest BCUT2D eigenvalue weighted by Gasteiger charge is -2.46. The molecule has 3 rings (SSSR count). The molecule has 0 saturated heterocycles. The van der Waals surface area contributed by atoms with E-state index in [0.29, 0.717) is 22.8 Å². The number of carbonyl (C=O) groups is 1. The van der Waals surface area contributed by atoms with Crippen LogP contribution in [0.15, 0.2) is 30.3 Å². The average molecular weight is 407 g/mol. The molecule has 2 aliphatic rings. The van der Waals surface area contributed by atoms with Crippen LogP contribution in [0.2, 0.25) is 0 Å². The topological polar surface area (TPSA) is 35.5 Å². The van der Waals surface area contributed by atoms with Crippen molar-refractivity contribution in [2.75, 3.05) is 6.61 Å². The molecule has 2 fully saturated rings. The maximum absolute atomic E-state index is 12.8. The summed E-state index contributed by atoms with van der Waals surface area (Å²) in [7, 11) is 0. The quantitative estimate of drug-likeness (QED) is 0.572. The first-order chi connectivity index (χ1) is 13.0. The van der Waals surface area contributed by atoms with Gasteiger partial charge < -0.3 is 9.47 Å². The summed E-state index contributed by atoms with van der Waals surface area (Å²) in [6.45, 7) is 6.85. The van der Waals surface area contributed by atoms with Crippen molar-refractivity contribution in [1.29, 1.82) is 0 Å². The van der Waals surface area contributed by atoms with Crippen molar-refractivity contribution in [3.8, 4) is 5.75 Å². The Balaban J connectivity index is 1.69. The summed E-state index contributed by atoms with van der Waals surface area (Å²) in [5.74, 6) is 1.83. The fourth-order valence-corrected chi connectivity index (χ4v) is 6.34. The van der Waals surface area contributed by atoms with Crippen LogP contribution in [0.4, 0.5) is 0 Å². The molecule has 27 heavy (non-hydrogen) atoms. The maximum Gasteiger partial charge on any atom is 0.227 e. The Labute approximate surface area is 172 Å². The van der Waals surface area contributed by atoms with Gasteiger partial charge in [0.2, 0.25) is 9.50 Å². The second-order valence-corrected chi connectivity index (χ2v) is 9.66. The van der Waals surface area contributed by atoms with Crippen molar-refractivity contribution < 1.29 is 14.3 Å². The SMILES string of the molecule is CCOC(=S)SC(=O)[C@@H](C)C1CCC2C(Oc3ccccc3)CCCC21C. The van der Waals surface area contributed by atoms with Crippen molar-refractivity contribution >= 4 is 33.5 Å². The van der Waals surface area contributed by atoms with Crippen molar-refractivity contribution in [1.82, 2.24) is 0 Å². The van der Waals surface area contributed by atoms with E-state index in [1.807, 2.05) is 37.3 Å². The molecule has 148 valence electrons. The number of ether oxygens (including phenoxy) is 2. The molecule has 0 spiro atoms. The highest BCUT2D eigenvalue weighted by molar-refractivity contribution is 8.32. The van der Waals surface area contributed by atoms with E-state index in [9.17, 15) is 4.79 Å². The third-order valence-corrected chi connectivity index (χ3v) is 7.81. The Morgan fingerprint density at radius 2 is 2.04 bits per heavy atom. The number of rotatable bonds is 5. The van der Waals surface area contributed by atoms with Crippen LogP contribution < -0.4 is 4.74 Å². The Bertz CT molecular complexity index is 663. The molecule has 0 aliphatic heterocycles. The van der Waals surface area contributed by atoms with Gasteiger partial charge in [0, 0.05) is 11.8 Å². The largest absolute Gasteiger partial charge is 0.490 e. The Morgan fingerprint density at radius 1 is 1.30 bits per heavy atom. The van der Waals surface area contributed by atoms with Crippen molar-refractivity contribution in [3.63, 3.8) is 0 Å². The number of thiocarbonyl (C=S) groups is 1. The fraction of sp³-hybridized carbons (Fsp3) is 0.636. The number of hydrogen-bond donors (Lipinski definition) is 0. The van der Waals surface area contributed by atoms with E-state index in [0.717, 1.165) is 43.2 Å². The summed E-state index contributed by atoms with van der Waals surface area (Å²) in [5, 5.41) is 0.145. The van der Waals surface area contributed by atoms with Crippen LogP contribution in [0.25, 0.3) is 0 Å². The molecule has 2 aliphatic carbocycles. The number of carbonyl (C=O) groups excluding carboxylic acids is 1. The summed E-state index contributed by atoms with van der Waals surface area (Å²) in [4.78, 5) is 12.8. The summed E-state index contributed by atoms with van der Waals surface area (Å²) in [5.41, 5.74) is 0.153. The normalized spacial score (nSPS) is 31.0. The average Bonchev–Trinajstić information content (AvgIpc) is 3.00. The number of fused-ring (bicyclic) bond motifs is 1. The number of thioether (sulfide) groups is 1. The molecule has 5 atom stereocenters. The molecule has 3 nitrogen and oxygen atoms in total. The van der Waals surface area contributed by atoms with Gasteiger partial charge in [0.05, 0.1) is 6.61 Å². The molecular weight excluding hydrogens is 376 g/mol. The van der Waals surface area contributed by atoms with E-state index < -0.39 is 0 Å². The molecule has 0 amide bonds. The van der Waals surface area contributed by atoms with E-state index >= 15 is 0 Å². The minimum absolute atomic E-state index is 0.0149. The lowest BCUT2D eigenvalue weighted by molar-refractivity contribution is -0.117. The van der Waals surface area contributed by atoms with Gasteiger partial charge in [0.25, 0.3) is 0 Å². The second-order valence-electron chi connectivity index (χ2n) is 8.05. The number of para-hydroxylation sites is 1. The molecule has 0 aromatic heterocycles. The molecule has 0 bridgehead atoms. The first-order valence-corrected chi connectivity index (χ1v) is 11.3. The van der Waals surface area contributed by atoms with Gasteiger partial charge in [0.1, 0.15) is 11.9 Å². The summed E-state index contributed by atoms with van der Waals surface area (Å²) in [6, 6.07) is 10.1. The third kappa shape index (κ3) is 4.51. The van der Waals surface area contributed by atoms with Crippen molar-refractivity contribution in [2.24, 2.45) is 23.2 Å². The van der Waals surface area contributed by atoms with E-state index in [1.54, 1.807) is 0 Å².